The molecule has 0 aromatic rings. The zero-order valence-electron chi connectivity index (χ0n) is 64.5. The number of aliphatic carboxylic acids is 4. The molecule has 67 nitrogen and oxygen atoms in total. The fourth-order valence-corrected chi connectivity index (χ4v) is 15.4. The molecule has 8 saturated heterocycles. The maximum absolute atomic E-state index is 13.2. The molecule has 8 rings (SSSR count). The summed E-state index contributed by atoms with van der Waals surface area (Å²) in [6, 6.07) is -9.20. The van der Waals surface area contributed by atoms with Crippen molar-refractivity contribution in [1.29, 1.82) is 0 Å². The van der Waals surface area contributed by atoms with Crippen LogP contribution in [-0.4, -0.2) is 471 Å². The fraction of sp³-hybridized carbons (Fsp3) is 0.857. The van der Waals surface area contributed by atoms with Gasteiger partial charge in [0.15, 0.2) is 80.3 Å². The van der Waals surface area contributed by atoms with Crippen LogP contribution in [-0.2, 0) is 197 Å². The Kier molecular flexibility index (Phi) is 36.8. The molecule has 72 heteroatoms. The summed E-state index contributed by atoms with van der Waals surface area (Å²) in [5.41, 5.74) is 0. The van der Waals surface area contributed by atoms with E-state index in [0.29, 0.717) is 20.8 Å². The second-order valence-corrected chi connectivity index (χ2v) is 33.6. The minimum Gasteiger partial charge on any atom is -0.479 e. The third-order valence-corrected chi connectivity index (χ3v) is 21.3. The maximum Gasteiger partial charge on any atom is 0.397 e. The van der Waals surface area contributed by atoms with Crippen molar-refractivity contribution in [1.82, 2.24) is 21.3 Å². The molecule has 0 saturated carbocycles. The van der Waals surface area contributed by atoms with E-state index in [4.69, 9.17) is 94.9 Å². The lowest BCUT2D eigenvalue weighted by atomic mass is 9.95. The van der Waals surface area contributed by atoms with Gasteiger partial charge in [-0.1, -0.05) is 0 Å². The van der Waals surface area contributed by atoms with Crippen LogP contribution >= 0.6 is 0 Å². The summed E-state index contributed by atoms with van der Waals surface area (Å²) in [5.74, 6) is -13.8. The van der Waals surface area contributed by atoms with Gasteiger partial charge in [0.1, 0.15) is 146 Å². The van der Waals surface area contributed by atoms with Crippen molar-refractivity contribution in [3.05, 3.63) is 0 Å². The van der Waals surface area contributed by atoms with Gasteiger partial charge >= 0.3 is 75.9 Å². The van der Waals surface area contributed by atoms with Crippen LogP contribution in [0.25, 0.3) is 0 Å². The zero-order valence-corrected chi connectivity index (χ0v) is 68.6. The lowest BCUT2D eigenvalue weighted by molar-refractivity contribution is -0.466. The Morgan fingerprint density at radius 3 is 0.844 bits per heavy atom. The highest BCUT2D eigenvalue weighted by Crippen LogP contribution is 2.40. The first-order chi connectivity index (χ1) is 59.1. The monoisotopic (exact) mass is 1980 g/mol. The van der Waals surface area contributed by atoms with Gasteiger partial charge in [0, 0.05) is 27.7 Å². The van der Waals surface area contributed by atoms with Crippen molar-refractivity contribution in [2.75, 3.05) is 26.4 Å². The molecule has 8 aliphatic heterocycles. The standard InChI is InChI=1S/C56H86N4O63S5/c1-9(62)57-17-33(21(66)14(104-49(17)85)6-101-124(86,87)88)108-53-29(74)26(71)37(42(113-53)46(79)80)116-119-50-18(58-10(2)63)34(22(67)15(106-50)7-102-125(89,90)91)109-54-30(75)27(72)38(43(114-54)47(81)82)118-121-52-20(60-12(4)65)36(32(13(5-61)105-52)122-127(95,96)97)111-55-31(76)28(73)39(44(115-55)48(83)84)117-120-51-19(59-11(3)64)35(23(68)16(107-51)8-103-126(92,93)94)110-56-41(123-128(98,99)100)25(70)24(69)40(112-56)45(77)78/h13-44,49-56,61,66-76,85H,5-8H2,1-4H3,(H,57,62)(H,58,63)(H,59,64)(H,60,65)(H,77,78)(H,79,80)(H,81,82)(H,83,84)(H,86,87,88)(H,89,90,91)(H,92,93,94)(H,95,96,97)(H,98,99,100)/t13-,14-,15-,16-,17-,18-,19-,20-,21+,22+,23+,24+,25+,26-,27-,28-,29-,30-,31-,32+,33-,34-,35-,36-,37+,38+,39+,40+,41-,42+,43+,44+,49+,50-,51-,52-,53-,54-,55-,56-/m1/s1. The van der Waals surface area contributed by atoms with Crippen molar-refractivity contribution in [2.45, 2.75) is 273 Å². The normalized spacial score (nSPS) is 41.1. The summed E-state index contributed by atoms with van der Waals surface area (Å²) in [7, 11) is -28.3. The molecule has 0 aliphatic carbocycles. The average Bonchev–Trinajstić information content (AvgIpc) is 0.782. The molecule has 0 aromatic carbocycles. The summed E-state index contributed by atoms with van der Waals surface area (Å²) in [5, 5.41) is 196. The number of hydrogen-bond donors (Lipinski definition) is 26. The lowest BCUT2D eigenvalue weighted by Gasteiger charge is -2.49. The molecule has 8 fully saturated rings. The Morgan fingerprint density at radius 2 is 0.539 bits per heavy atom. The molecular formula is C56H86N4O63S5. The molecule has 26 N–H and O–H groups in total. The van der Waals surface area contributed by atoms with Crippen LogP contribution in [0.2, 0.25) is 0 Å². The van der Waals surface area contributed by atoms with Gasteiger partial charge in [-0.05, 0) is 0 Å². The van der Waals surface area contributed by atoms with E-state index in [1.165, 1.54) is 0 Å². The third-order valence-electron chi connectivity index (χ3n) is 19.1. The Morgan fingerprint density at radius 1 is 0.273 bits per heavy atom. The van der Waals surface area contributed by atoms with E-state index in [9.17, 15) is 185 Å². The highest BCUT2D eigenvalue weighted by molar-refractivity contribution is 7.81. The van der Waals surface area contributed by atoms with Crippen molar-refractivity contribution >= 4 is 99.5 Å². The van der Waals surface area contributed by atoms with Gasteiger partial charge in [0.25, 0.3) is 0 Å². The summed E-state index contributed by atoms with van der Waals surface area (Å²) < 4.78 is 254. The quantitative estimate of drug-likeness (QED) is 0.0154. The van der Waals surface area contributed by atoms with Crippen LogP contribution in [0.4, 0.5) is 0 Å². The Bertz CT molecular complexity index is 4450. The van der Waals surface area contributed by atoms with Crippen molar-refractivity contribution < 1.29 is 297 Å². The predicted octanol–water partition coefficient (Wildman–Crippen LogP) is -18.6. The molecule has 738 valence electrons. The van der Waals surface area contributed by atoms with E-state index < -0.39 is 371 Å². The van der Waals surface area contributed by atoms with Crippen molar-refractivity contribution in [3.63, 3.8) is 0 Å². The SMILES string of the molecule is CC(=O)N[C@@H]1[C@@H](O[C@@H]2O[C@H](C(=O)O)[C@@H](OO[C@H]3O[C@H](COS(=O)(=O)O)[C@H](O)[C@H](O[C@@H]4O[C@H](C(=O)O)[C@@H](OO[C@H]5O[C@H](CO)[C@H](OS(=O)(=O)O)[C@H](O[C@@H]6O[C@H](C(=O)O)[C@@H](OO[C@H]7O[C@H](COS(=O)(=O)O)[C@H](O)[C@H](O[C@@H]8O[C@H](C(=O)O)[C@@H](O)[C@H](O)[C@H]8OS(=O)(=O)O)[C@H]7NC(C)=O)[C@H](O)[C@H]6O)[C@H]5NC(C)=O)[C@H](O)[C@H]4O)[C@H]3NC(C)=O)[C@H](O)[C@H]2O)[C@@H](O)[C@@H](COS(=O)(=O)O)O[C@@H]1O. The second kappa shape index (κ2) is 43.9. The van der Waals surface area contributed by atoms with Crippen LogP contribution in [0, 0.1) is 0 Å². The molecule has 4 amide bonds. The number of carboxylic acid groups (broad SMARTS) is 4. The first kappa shape index (κ1) is 107. The van der Waals surface area contributed by atoms with Crippen LogP contribution in [0.5, 0.6) is 0 Å². The lowest BCUT2D eigenvalue weighted by Crippen LogP contribution is -2.70. The van der Waals surface area contributed by atoms with Gasteiger partial charge in [-0.15, -0.1) is 0 Å². The largest absolute Gasteiger partial charge is 0.479 e. The van der Waals surface area contributed by atoms with Gasteiger partial charge in [0.05, 0.1) is 26.4 Å². The molecule has 128 heavy (non-hydrogen) atoms. The molecule has 40 atom stereocenters. The predicted molar refractivity (Wildman–Crippen MR) is 368 cm³/mol. The topological polar surface area (TPSA) is 1010 Å². The molecule has 0 aromatic heterocycles. The van der Waals surface area contributed by atoms with E-state index in [2.05, 4.69) is 27.4 Å². The number of aliphatic hydroxyl groups is 13. The van der Waals surface area contributed by atoms with Gasteiger partial charge in [-0.25, -0.2) is 69.4 Å². The summed E-state index contributed by atoms with van der Waals surface area (Å²) >= 11 is 0. The highest BCUT2D eigenvalue weighted by Gasteiger charge is 2.63. The molecule has 8 aliphatic rings. The Hall–Kier alpha value is -6.13. The number of amides is 4. The molecule has 0 unspecified atom stereocenters. The summed E-state index contributed by atoms with van der Waals surface area (Å²) in [4.78, 5) is 134. The van der Waals surface area contributed by atoms with E-state index in [-0.39, 0.29) is 0 Å². The number of carbonyl (C=O) groups is 8. The molecule has 0 spiro atoms. The van der Waals surface area contributed by atoms with Crippen LogP contribution in [0.3, 0.4) is 0 Å². The summed E-state index contributed by atoms with van der Waals surface area (Å²) in [6.45, 7) is -3.17. The number of ether oxygens (including phenoxy) is 12. The number of carboxylic acids is 4. The maximum atomic E-state index is 13.2. The first-order valence-electron chi connectivity index (χ1n) is 35.9. The van der Waals surface area contributed by atoms with Gasteiger partial charge in [0.2, 0.25) is 42.5 Å². The van der Waals surface area contributed by atoms with Gasteiger partial charge < -0.3 is 165 Å². The second-order valence-electron chi connectivity index (χ2n) is 28.2. The van der Waals surface area contributed by atoms with Crippen LogP contribution < -0.4 is 21.3 Å². The van der Waals surface area contributed by atoms with E-state index in [0.717, 1.165) is 6.92 Å². The Balaban J connectivity index is 1.04. The average molecular weight is 1980 g/mol. The van der Waals surface area contributed by atoms with E-state index in [1.807, 2.05) is 10.6 Å². The zero-order chi connectivity index (χ0) is 96.1. The Labute approximate surface area is 714 Å². The van der Waals surface area contributed by atoms with Gasteiger partial charge in [-0.2, -0.15) is 42.1 Å². The number of rotatable bonds is 39. The number of aliphatic hydroxyl groups excluding tert-OH is 13. The molecular weight excluding hydrogens is 1900 g/mol. The molecule has 8 heterocycles. The van der Waals surface area contributed by atoms with Crippen LogP contribution in [0.1, 0.15) is 27.7 Å². The smallest absolute Gasteiger partial charge is 0.397 e. The minimum absolute atomic E-state index is 0.646. The summed E-state index contributed by atoms with van der Waals surface area (Å²) in [6.07, 6.45) is -95.5. The minimum atomic E-state index is -5.97. The van der Waals surface area contributed by atoms with Crippen molar-refractivity contribution in [2.24, 2.45) is 0 Å². The highest BCUT2D eigenvalue weighted by atomic mass is 32.3. The third kappa shape index (κ3) is 27.8. The molecule has 0 bridgehead atoms. The van der Waals surface area contributed by atoms with Gasteiger partial charge in [-0.3, -0.25) is 41.9 Å². The number of hydrogen-bond acceptors (Lipinski definition) is 54. The fourth-order valence-electron chi connectivity index (χ4n) is 13.5. The number of carbonyl (C=O) groups excluding carboxylic acids is 4. The van der Waals surface area contributed by atoms with E-state index >= 15 is 0 Å². The first-order valence-corrected chi connectivity index (χ1v) is 42.7. The van der Waals surface area contributed by atoms with Crippen LogP contribution in [0.15, 0.2) is 0 Å². The van der Waals surface area contributed by atoms with Crippen molar-refractivity contribution in [3.8, 4) is 0 Å². The van der Waals surface area contributed by atoms with E-state index in [1.54, 1.807) is 0 Å². The number of nitrogens with one attached hydrogen (secondary N) is 4. The molecule has 0 radical (unpaired) electrons.